The summed E-state index contributed by atoms with van der Waals surface area (Å²) in [4.78, 5) is 25.5. The maximum atomic E-state index is 11.7. The van der Waals surface area contributed by atoms with Gasteiger partial charge < -0.3 is 16.2 Å². The molecule has 1 aromatic heterocycles. The van der Waals surface area contributed by atoms with Gasteiger partial charge in [0.05, 0.1) is 6.10 Å². The van der Waals surface area contributed by atoms with E-state index in [2.05, 4.69) is 10.3 Å². The number of nitrogens with one attached hydrogen (secondary N) is 2. The van der Waals surface area contributed by atoms with E-state index in [9.17, 15) is 14.7 Å². The molecule has 0 saturated heterocycles. The molecule has 2 unspecified atom stereocenters. The predicted molar refractivity (Wildman–Crippen MR) is 73.2 cm³/mol. The number of aromatic amines is 1. The van der Waals surface area contributed by atoms with E-state index in [0.717, 1.165) is 19.3 Å². The third-order valence-corrected chi connectivity index (χ3v) is 3.72. The molecule has 0 amide bonds. The van der Waals surface area contributed by atoms with E-state index in [1.54, 1.807) is 6.92 Å². The van der Waals surface area contributed by atoms with Crippen molar-refractivity contribution in [1.29, 1.82) is 0 Å². The Morgan fingerprint density at radius 3 is 2.79 bits per heavy atom. The Labute approximate surface area is 110 Å². The van der Waals surface area contributed by atoms with Crippen LogP contribution in [0.15, 0.2) is 9.59 Å². The zero-order valence-corrected chi connectivity index (χ0v) is 11.0. The number of anilines is 2. The molecule has 106 valence electrons. The summed E-state index contributed by atoms with van der Waals surface area (Å²) in [6, 6.07) is 0. The van der Waals surface area contributed by atoms with Crippen molar-refractivity contribution >= 4 is 11.5 Å². The minimum Gasteiger partial charge on any atom is -0.393 e. The Bertz CT molecular complexity index is 563. The third-order valence-electron chi connectivity index (χ3n) is 3.72. The van der Waals surface area contributed by atoms with Crippen LogP contribution in [0.2, 0.25) is 0 Å². The average Bonchev–Trinajstić information content (AvgIpc) is 2.75. The van der Waals surface area contributed by atoms with E-state index >= 15 is 0 Å². The van der Waals surface area contributed by atoms with Crippen LogP contribution < -0.4 is 22.3 Å². The first-order valence-corrected chi connectivity index (χ1v) is 6.59. The molecule has 2 atom stereocenters. The first-order chi connectivity index (χ1) is 9.04. The van der Waals surface area contributed by atoms with Crippen LogP contribution in [0.1, 0.15) is 26.2 Å². The predicted octanol–water partition coefficient (Wildman–Crippen LogP) is -0.288. The monoisotopic (exact) mass is 268 g/mol. The van der Waals surface area contributed by atoms with Gasteiger partial charge in [0.2, 0.25) is 0 Å². The molecule has 2 rings (SSSR count). The Hall–Kier alpha value is -1.76. The molecule has 0 bridgehead atoms. The summed E-state index contributed by atoms with van der Waals surface area (Å²) in [6.07, 6.45) is 2.39. The van der Waals surface area contributed by atoms with E-state index in [4.69, 9.17) is 5.73 Å². The lowest BCUT2D eigenvalue weighted by Crippen LogP contribution is -2.35. The molecule has 1 aromatic rings. The molecule has 1 heterocycles. The van der Waals surface area contributed by atoms with Crippen molar-refractivity contribution in [3.05, 3.63) is 20.8 Å². The van der Waals surface area contributed by atoms with E-state index in [1.807, 2.05) is 0 Å². The molecule has 0 spiro atoms. The van der Waals surface area contributed by atoms with Crippen LogP contribution in [0.3, 0.4) is 0 Å². The van der Waals surface area contributed by atoms with Gasteiger partial charge in [-0.25, -0.2) is 4.79 Å². The second kappa shape index (κ2) is 5.48. The van der Waals surface area contributed by atoms with Crippen molar-refractivity contribution < 1.29 is 5.11 Å². The molecular formula is C12H20N4O3. The normalized spacial score (nSPS) is 22.6. The lowest BCUT2D eigenvalue weighted by Gasteiger charge is -2.17. The molecule has 7 heteroatoms. The summed E-state index contributed by atoms with van der Waals surface area (Å²) in [6.45, 7) is 2.65. The summed E-state index contributed by atoms with van der Waals surface area (Å²) >= 11 is 0. The van der Waals surface area contributed by atoms with Crippen LogP contribution in [-0.4, -0.2) is 27.3 Å². The number of aliphatic hydroxyl groups is 1. The molecule has 1 aliphatic carbocycles. The van der Waals surface area contributed by atoms with Gasteiger partial charge in [-0.05, 0) is 19.8 Å². The number of hydrogen-bond donors (Lipinski definition) is 4. The van der Waals surface area contributed by atoms with E-state index in [1.165, 1.54) is 4.57 Å². The highest BCUT2D eigenvalue weighted by molar-refractivity contribution is 5.60. The van der Waals surface area contributed by atoms with E-state index in [-0.39, 0.29) is 23.5 Å². The van der Waals surface area contributed by atoms with Crippen molar-refractivity contribution in [1.82, 2.24) is 9.55 Å². The Kier molecular flexibility index (Phi) is 3.94. The van der Waals surface area contributed by atoms with Crippen LogP contribution in [-0.2, 0) is 6.54 Å². The first-order valence-electron chi connectivity index (χ1n) is 6.59. The average molecular weight is 268 g/mol. The fourth-order valence-corrected chi connectivity index (χ4v) is 2.56. The molecule has 5 N–H and O–H groups in total. The topological polar surface area (TPSA) is 113 Å². The summed E-state index contributed by atoms with van der Waals surface area (Å²) in [5.41, 5.74) is 5.02. The molecule has 7 nitrogen and oxygen atoms in total. The quantitative estimate of drug-likeness (QED) is 0.599. The Morgan fingerprint density at radius 2 is 2.21 bits per heavy atom. The standard InChI is InChI=1S/C12H20N4O3/c1-2-16-10(13)9(11(18)15-12(16)19)14-6-7-4-3-5-8(7)17/h7-8,14,17H,2-6,13H2,1H3,(H,15,18,19). The zero-order valence-electron chi connectivity index (χ0n) is 11.0. The van der Waals surface area contributed by atoms with Gasteiger partial charge in [0.1, 0.15) is 11.5 Å². The van der Waals surface area contributed by atoms with Crippen molar-refractivity contribution in [2.24, 2.45) is 5.92 Å². The fourth-order valence-electron chi connectivity index (χ4n) is 2.56. The number of hydrogen-bond acceptors (Lipinski definition) is 5. The van der Waals surface area contributed by atoms with Gasteiger partial charge in [-0.15, -0.1) is 0 Å². The highest BCUT2D eigenvalue weighted by Gasteiger charge is 2.25. The van der Waals surface area contributed by atoms with Crippen LogP contribution in [0.25, 0.3) is 0 Å². The number of nitrogens with two attached hydrogens (primary N) is 1. The number of aromatic nitrogens is 2. The summed E-state index contributed by atoms with van der Waals surface area (Å²) in [5.74, 6) is 0.268. The molecule has 0 aliphatic heterocycles. The van der Waals surface area contributed by atoms with Gasteiger partial charge in [-0.3, -0.25) is 14.3 Å². The Balaban J connectivity index is 2.20. The summed E-state index contributed by atoms with van der Waals surface area (Å²) in [7, 11) is 0. The van der Waals surface area contributed by atoms with Gasteiger partial charge in [0.15, 0.2) is 0 Å². The molecule has 1 saturated carbocycles. The zero-order chi connectivity index (χ0) is 14.0. The minimum absolute atomic E-state index is 0.126. The lowest BCUT2D eigenvalue weighted by molar-refractivity contribution is 0.138. The summed E-state index contributed by atoms with van der Waals surface area (Å²) in [5, 5.41) is 12.7. The van der Waals surface area contributed by atoms with Crippen LogP contribution in [0, 0.1) is 5.92 Å². The minimum atomic E-state index is -0.514. The van der Waals surface area contributed by atoms with Crippen LogP contribution in [0.5, 0.6) is 0 Å². The lowest BCUT2D eigenvalue weighted by atomic mass is 10.1. The van der Waals surface area contributed by atoms with E-state index < -0.39 is 11.2 Å². The Morgan fingerprint density at radius 1 is 1.47 bits per heavy atom. The second-order valence-electron chi connectivity index (χ2n) is 4.90. The molecular weight excluding hydrogens is 248 g/mol. The van der Waals surface area contributed by atoms with Gasteiger partial charge in [0, 0.05) is 19.0 Å². The van der Waals surface area contributed by atoms with Crippen LogP contribution >= 0.6 is 0 Å². The van der Waals surface area contributed by atoms with Gasteiger partial charge >= 0.3 is 5.69 Å². The molecule has 0 aromatic carbocycles. The number of nitrogens with zero attached hydrogens (tertiary/aromatic N) is 1. The van der Waals surface area contributed by atoms with Crippen molar-refractivity contribution in [3.63, 3.8) is 0 Å². The molecule has 0 radical (unpaired) electrons. The largest absolute Gasteiger partial charge is 0.393 e. The fraction of sp³-hybridized carbons (Fsp3) is 0.667. The van der Waals surface area contributed by atoms with Crippen molar-refractivity contribution in [3.8, 4) is 0 Å². The van der Waals surface area contributed by atoms with Crippen molar-refractivity contribution in [2.45, 2.75) is 38.8 Å². The maximum Gasteiger partial charge on any atom is 0.330 e. The molecule has 19 heavy (non-hydrogen) atoms. The summed E-state index contributed by atoms with van der Waals surface area (Å²) < 4.78 is 1.30. The highest BCUT2D eigenvalue weighted by Crippen LogP contribution is 2.25. The number of H-pyrrole nitrogens is 1. The van der Waals surface area contributed by atoms with E-state index in [0.29, 0.717) is 13.1 Å². The van der Waals surface area contributed by atoms with Gasteiger partial charge in [-0.1, -0.05) is 6.42 Å². The number of rotatable bonds is 4. The smallest absolute Gasteiger partial charge is 0.330 e. The van der Waals surface area contributed by atoms with Crippen molar-refractivity contribution in [2.75, 3.05) is 17.6 Å². The first kappa shape index (κ1) is 13.7. The number of aliphatic hydroxyl groups excluding tert-OH is 1. The second-order valence-corrected chi connectivity index (χ2v) is 4.90. The number of nitrogen functional groups attached to an aromatic ring is 1. The third kappa shape index (κ3) is 2.65. The highest BCUT2D eigenvalue weighted by atomic mass is 16.3. The van der Waals surface area contributed by atoms with Gasteiger partial charge in [0.25, 0.3) is 5.56 Å². The maximum absolute atomic E-state index is 11.7. The van der Waals surface area contributed by atoms with Gasteiger partial charge in [-0.2, -0.15) is 0 Å². The molecule has 1 aliphatic rings. The SMILES string of the molecule is CCn1c(N)c(NCC2CCCC2O)c(=O)[nH]c1=O. The molecule has 1 fully saturated rings. The van der Waals surface area contributed by atoms with Crippen LogP contribution in [0.4, 0.5) is 11.5 Å².